The second-order valence-corrected chi connectivity index (χ2v) is 5.60. The van der Waals surface area contributed by atoms with Gasteiger partial charge in [0.2, 0.25) is 0 Å². The van der Waals surface area contributed by atoms with Gasteiger partial charge in [-0.3, -0.25) is 0 Å². The Bertz CT molecular complexity index is 476. The number of ether oxygens (including phenoxy) is 1. The van der Waals surface area contributed by atoms with Crippen molar-refractivity contribution in [3.8, 4) is 11.5 Å². The fourth-order valence-corrected chi connectivity index (χ4v) is 1.65. The van der Waals surface area contributed by atoms with Gasteiger partial charge in [0.15, 0.2) is 0 Å². The molecule has 2 unspecified atom stereocenters. The van der Waals surface area contributed by atoms with E-state index >= 15 is 0 Å². The number of phenolic OH excluding ortho intramolecular Hbond substituents is 2. The van der Waals surface area contributed by atoms with E-state index in [-0.39, 0.29) is 23.6 Å². The molecule has 0 spiro atoms. The van der Waals surface area contributed by atoms with Crippen molar-refractivity contribution in [1.29, 1.82) is 0 Å². The average molecular weight is 299 g/mol. The molecule has 1 rings (SSSR count). The third kappa shape index (κ3) is 5.13. The number of carbonyl (C=O) groups excluding carboxylic acids is 1. The van der Waals surface area contributed by atoms with Crippen molar-refractivity contribution in [3.05, 3.63) is 23.8 Å². The number of nitrogens with one attached hydrogen (secondary N) is 1. The van der Waals surface area contributed by atoms with Crippen molar-refractivity contribution < 1.29 is 30.0 Å². The van der Waals surface area contributed by atoms with Gasteiger partial charge in [0.25, 0.3) is 0 Å². The highest BCUT2D eigenvalue weighted by molar-refractivity contribution is 5.67. The van der Waals surface area contributed by atoms with Crippen LogP contribution in [0.3, 0.4) is 0 Å². The quantitative estimate of drug-likeness (QED) is 0.566. The first-order valence-electron chi connectivity index (χ1n) is 6.45. The number of rotatable bonds is 4. The maximum Gasteiger partial charge on any atom is 0.407 e. The zero-order valence-electron chi connectivity index (χ0n) is 12.2. The molecule has 118 valence electrons. The van der Waals surface area contributed by atoms with Crippen LogP contribution in [-0.4, -0.2) is 44.8 Å². The van der Waals surface area contributed by atoms with Crippen LogP contribution < -0.4 is 5.32 Å². The van der Waals surface area contributed by atoms with E-state index in [0.717, 1.165) is 0 Å². The van der Waals surface area contributed by atoms with Gasteiger partial charge < -0.3 is 30.5 Å². The van der Waals surface area contributed by atoms with Gasteiger partial charge in [-0.2, -0.15) is 0 Å². The smallest absolute Gasteiger partial charge is 0.407 e. The van der Waals surface area contributed by atoms with E-state index in [1.807, 2.05) is 0 Å². The molecule has 2 atom stereocenters. The average Bonchev–Trinajstić information content (AvgIpc) is 2.33. The molecule has 0 aromatic heterocycles. The Kier molecular flexibility index (Phi) is 5.40. The van der Waals surface area contributed by atoms with Crippen molar-refractivity contribution in [2.45, 2.75) is 38.6 Å². The van der Waals surface area contributed by atoms with Crippen molar-refractivity contribution in [2.75, 3.05) is 6.54 Å². The molecule has 1 aromatic carbocycles. The first kappa shape index (κ1) is 17.1. The summed E-state index contributed by atoms with van der Waals surface area (Å²) in [6.07, 6.45) is -3.71. The minimum atomic E-state index is -1.55. The Morgan fingerprint density at radius 2 is 1.76 bits per heavy atom. The number of alkyl carbamates (subject to hydrolysis) is 1. The largest absolute Gasteiger partial charge is 0.507 e. The first-order valence-corrected chi connectivity index (χ1v) is 6.45. The Morgan fingerprint density at radius 3 is 2.24 bits per heavy atom. The molecule has 0 bridgehead atoms. The summed E-state index contributed by atoms with van der Waals surface area (Å²) in [4.78, 5) is 11.4. The highest BCUT2D eigenvalue weighted by Gasteiger charge is 2.25. The number of aliphatic hydroxyl groups excluding tert-OH is 2. The Morgan fingerprint density at radius 1 is 1.24 bits per heavy atom. The molecule has 21 heavy (non-hydrogen) atoms. The molecule has 0 radical (unpaired) electrons. The normalized spacial score (nSPS) is 14.3. The van der Waals surface area contributed by atoms with E-state index in [9.17, 15) is 25.2 Å². The lowest BCUT2D eigenvalue weighted by Crippen LogP contribution is -2.38. The molecular formula is C14H21NO6. The van der Waals surface area contributed by atoms with E-state index in [1.54, 1.807) is 20.8 Å². The lowest BCUT2D eigenvalue weighted by atomic mass is 10.0. The van der Waals surface area contributed by atoms with Crippen LogP contribution in [0.15, 0.2) is 18.2 Å². The predicted octanol–water partition coefficient (Wildman–Crippen LogP) is 1.02. The second kappa shape index (κ2) is 6.64. The summed E-state index contributed by atoms with van der Waals surface area (Å²) in [5.74, 6) is -0.697. The van der Waals surface area contributed by atoms with Gasteiger partial charge in [0, 0.05) is 6.54 Å². The van der Waals surface area contributed by atoms with Crippen molar-refractivity contribution in [3.63, 3.8) is 0 Å². The summed E-state index contributed by atoms with van der Waals surface area (Å²) in [5.41, 5.74) is -0.875. The zero-order valence-corrected chi connectivity index (χ0v) is 12.2. The van der Waals surface area contributed by atoms with Gasteiger partial charge in [0.05, 0.1) is 5.56 Å². The molecule has 1 aromatic rings. The Balaban J connectivity index is 2.63. The van der Waals surface area contributed by atoms with Crippen LogP contribution in [0.2, 0.25) is 0 Å². The standard InChI is InChI=1S/C14H21NO6/c1-14(2,3)21-13(20)15-7-10(18)12(19)11-8(16)5-4-6-9(11)17/h4-6,10,12,16-19H,7H2,1-3H3,(H,15,20). The molecule has 5 N–H and O–H groups in total. The van der Waals surface area contributed by atoms with Gasteiger partial charge in [-0.05, 0) is 32.9 Å². The fourth-order valence-electron chi connectivity index (χ4n) is 1.65. The van der Waals surface area contributed by atoms with Crippen LogP contribution in [0.25, 0.3) is 0 Å². The highest BCUT2D eigenvalue weighted by Crippen LogP contribution is 2.33. The van der Waals surface area contributed by atoms with Crippen molar-refractivity contribution >= 4 is 6.09 Å². The molecule has 7 heteroatoms. The van der Waals surface area contributed by atoms with Gasteiger partial charge in [-0.25, -0.2) is 4.79 Å². The molecule has 0 aliphatic heterocycles. The van der Waals surface area contributed by atoms with Crippen LogP contribution in [0, 0.1) is 0 Å². The van der Waals surface area contributed by atoms with Gasteiger partial charge in [-0.15, -0.1) is 0 Å². The highest BCUT2D eigenvalue weighted by atomic mass is 16.6. The molecule has 0 fully saturated rings. The number of carbonyl (C=O) groups is 1. The summed E-state index contributed by atoms with van der Waals surface area (Å²) < 4.78 is 4.98. The predicted molar refractivity (Wildman–Crippen MR) is 75.0 cm³/mol. The topological polar surface area (TPSA) is 119 Å². The van der Waals surface area contributed by atoms with Crippen LogP contribution in [0.5, 0.6) is 11.5 Å². The lowest BCUT2D eigenvalue weighted by molar-refractivity contribution is 0.0109. The van der Waals surface area contributed by atoms with Crippen LogP contribution in [0.4, 0.5) is 4.79 Å². The maximum atomic E-state index is 11.4. The third-order valence-corrected chi connectivity index (χ3v) is 2.57. The van der Waals surface area contributed by atoms with Crippen molar-refractivity contribution in [2.24, 2.45) is 0 Å². The molecule has 0 saturated heterocycles. The first-order chi connectivity index (χ1) is 9.61. The molecule has 0 heterocycles. The van der Waals surface area contributed by atoms with E-state index in [0.29, 0.717) is 0 Å². The van der Waals surface area contributed by atoms with Crippen molar-refractivity contribution in [1.82, 2.24) is 5.32 Å². The summed E-state index contributed by atoms with van der Waals surface area (Å²) in [6, 6.07) is 3.94. The SMILES string of the molecule is CC(C)(C)OC(=O)NCC(O)C(O)c1c(O)cccc1O. The number of amides is 1. The number of hydrogen-bond acceptors (Lipinski definition) is 6. The molecule has 1 amide bonds. The maximum absolute atomic E-state index is 11.4. The number of hydrogen-bond donors (Lipinski definition) is 5. The summed E-state index contributed by atoms with van der Waals surface area (Å²) in [7, 11) is 0. The fraction of sp³-hybridized carbons (Fsp3) is 0.500. The molecule has 0 aliphatic carbocycles. The van der Waals surface area contributed by atoms with Crippen LogP contribution in [-0.2, 0) is 4.74 Å². The van der Waals surface area contributed by atoms with Gasteiger partial charge in [-0.1, -0.05) is 6.07 Å². The van der Waals surface area contributed by atoms with Gasteiger partial charge >= 0.3 is 6.09 Å². The van der Waals surface area contributed by atoms with E-state index < -0.39 is 23.9 Å². The van der Waals surface area contributed by atoms with E-state index in [2.05, 4.69) is 5.32 Å². The summed E-state index contributed by atoms with van der Waals surface area (Å²) in [6.45, 7) is 4.78. The number of benzene rings is 1. The molecular weight excluding hydrogens is 278 g/mol. The minimum absolute atomic E-state index is 0.198. The lowest BCUT2D eigenvalue weighted by Gasteiger charge is -2.22. The monoisotopic (exact) mass is 299 g/mol. The van der Waals surface area contributed by atoms with Gasteiger partial charge in [0.1, 0.15) is 29.3 Å². The third-order valence-electron chi connectivity index (χ3n) is 2.57. The second-order valence-electron chi connectivity index (χ2n) is 5.60. The Hall–Kier alpha value is -1.99. The Labute approximate surface area is 122 Å². The van der Waals surface area contributed by atoms with Crippen LogP contribution >= 0.6 is 0 Å². The molecule has 0 saturated carbocycles. The van der Waals surface area contributed by atoms with Crippen LogP contribution in [0.1, 0.15) is 32.4 Å². The number of phenols is 2. The van der Waals surface area contributed by atoms with E-state index in [4.69, 9.17) is 4.74 Å². The van der Waals surface area contributed by atoms with E-state index in [1.165, 1.54) is 18.2 Å². The molecule has 7 nitrogen and oxygen atoms in total. The summed E-state index contributed by atoms with van der Waals surface area (Å²) in [5, 5.41) is 41.2. The minimum Gasteiger partial charge on any atom is -0.507 e. The summed E-state index contributed by atoms with van der Waals surface area (Å²) >= 11 is 0. The molecule has 0 aliphatic rings. The number of aromatic hydroxyl groups is 2. The zero-order chi connectivity index (χ0) is 16.2. The number of aliphatic hydroxyl groups is 2.